The van der Waals surface area contributed by atoms with E-state index in [1.165, 1.54) is 12.1 Å². The average Bonchev–Trinajstić information content (AvgIpc) is 3.44. The summed E-state index contributed by atoms with van der Waals surface area (Å²) in [6, 6.07) is 17.3. The molecule has 170 valence electrons. The highest BCUT2D eigenvalue weighted by molar-refractivity contribution is 6.21. The molecule has 4 amide bonds. The van der Waals surface area contributed by atoms with Crippen molar-refractivity contribution in [1.29, 1.82) is 0 Å². The van der Waals surface area contributed by atoms with Crippen molar-refractivity contribution in [1.82, 2.24) is 10.6 Å². The van der Waals surface area contributed by atoms with Gasteiger partial charge < -0.3 is 15.1 Å². The highest BCUT2D eigenvalue weighted by Gasteiger charge is 2.38. The lowest BCUT2D eigenvalue weighted by Crippen LogP contribution is -2.33. The molecular formula is C25H24FN3O4. The largest absolute Gasteiger partial charge is 0.469 e. The van der Waals surface area contributed by atoms with Crippen LogP contribution in [0.3, 0.4) is 0 Å². The number of hydrogen-bond donors (Lipinski definition) is 2. The first kappa shape index (κ1) is 22.3. The third-order valence-electron chi connectivity index (χ3n) is 5.61. The van der Waals surface area contributed by atoms with Crippen molar-refractivity contribution >= 4 is 23.5 Å². The lowest BCUT2D eigenvalue weighted by atomic mass is 9.93. The van der Waals surface area contributed by atoms with Crippen LogP contribution in [0.15, 0.2) is 77.4 Å². The van der Waals surface area contributed by atoms with E-state index in [0.29, 0.717) is 18.7 Å². The van der Waals surface area contributed by atoms with Crippen molar-refractivity contribution < 1.29 is 23.2 Å². The van der Waals surface area contributed by atoms with Crippen LogP contribution >= 0.6 is 0 Å². The molecule has 0 unspecified atom stereocenters. The Labute approximate surface area is 190 Å². The minimum atomic E-state index is -0.737. The normalized spacial score (nSPS) is 16.5. The maximum Gasteiger partial charge on any atom is 0.329 e. The quantitative estimate of drug-likeness (QED) is 0.484. The van der Waals surface area contributed by atoms with Crippen LogP contribution < -0.4 is 15.5 Å². The van der Waals surface area contributed by atoms with E-state index in [0.717, 1.165) is 16.2 Å². The van der Waals surface area contributed by atoms with Gasteiger partial charge in [-0.05, 0) is 54.8 Å². The molecular weight excluding hydrogens is 425 g/mol. The number of imide groups is 1. The lowest BCUT2D eigenvalue weighted by Gasteiger charge is -2.16. The third-order valence-corrected chi connectivity index (χ3v) is 5.61. The van der Waals surface area contributed by atoms with Gasteiger partial charge in [0.05, 0.1) is 12.0 Å². The summed E-state index contributed by atoms with van der Waals surface area (Å²) >= 11 is 0. The summed E-state index contributed by atoms with van der Waals surface area (Å²) < 4.78 is 18.8. The van der Waals surface area contributed by atoms with E-state index in [1.807, 2.05) is 6.07 Å². The second-order valence-electron chi connectivity index (χ2n) is 7.81. The van der Waals surface area contributed by atoms with E-state index in [4.69, 9.17) is 4.42 Å². The van der Waals surface area contributed by atoms with Gasteiger partial charge >= 0.3 is 6.03 Å². The van der Waals surface area contributed by atoms with Crippen LogP contribution in [0.25, 0.3) is 0 Å². The molecule has 4 rings (SSSR count). The molecule has 33 heavy (non-hydrogen) atoms. The zero-order valence-corrected chi connectivity index (χ0v) is 17.9. The van der Waals surface area contributed by atoms with Crippen molar-refractivity contribution in [2.45, 2.75) is 31.2 Å². The molecule has 0 radical (unpaired) electrons. The number of rotatable bonds is 9. The Morgan fingerprint density at radius 1 is 1.06 bits per heavy atom. The Bertz CT molecular complexity index is 1100. The molecule has 1 aliphatic heterocycles. The number of halogens is 1. The van der Waals surface area contributed by atoms with Gasteiger partial charge in [0.1, 0.15) is 17.6 Å². The van der Waals surface area contributed by atoms with Gasteiger partial charge in [0.25, 0.3) is 5.91 Å². The van der Waals surface area contributed by atoms with Gasteiger partial charge in [-0.2, -0.15) is 0 Å². The van der Waals surface area contributed by atoms with Crippen molar-refractivity contribution in [3.63, 3.8) is 0 Å². The number of carbonyl (C=O) groups is 3. The molecule has 3 aromatic rings. The van der Waals surface area contributed by atoms with Gasteiger partial charge in [-0.1, -0.05) is 30.3 Å². The van der Waals surface area contributed by atoms with E-state index in [-0.39, 0.29) is 36.4 Å². The number of carbonyl (C=O) groups excluding carboxylic acids is 3. The molecule has 0 bridgehead atoms. The van der Waals surface area contributed by atoms with Gasteiger partial charge in [-0.3, -0.25) is 9.59 Å². The van der Waals surface area contributed by atoms with E-state index >= 15 is 0 Å². The number of benzene rings is 2. The molecule has 1 aliphatic rings. The van der Waals surface area contributed by atoms with Crippen molar-refractivity contribution in [2.24, 2.45) is 0 Å². The first-order chi connectivity index (χ1) is 16.0. The van der Waals surface area contributed by atoms with E-state index in [9.17, 15) is 18.8 Å². The number of urea groups is 1. The summed E-state index contributed by atoms with van der Waals surface area (Å²) in [6.45, 7) is 0.378. The maximum atomic E-state index is 13.3. The monoisotopic (exact) mass is 449 g/mol. The Morgan fingerprint density at radius 3 is 2.52 bits per heavy atom. The Kier molecular flexibility index (Phi) is 6.83. The van der Waals surface area contributed by atoms with Crippen LogP contribution in [0, 0.1) is 5.82 Å². The SMILES string of the molecule is O=C(CC[C@@H]1NC(=O)N(c2ccccc2)C1=O)NCC[C@H](c1ccc(F)cc1)c1ccco1. The number of furan rings is 1. The minimum Gasteiger partial charge on any atom is -0.469 e. The topological polar surface area (TPSA) is 91.7 Å². The zero-order chi connectivity index (χ0) is 23.2. The van der Waals surface area contributed by atoms with Crippen molar-refractivity contribution in [3.05, 3.63) is 90.1 Å². The second-order valence-corrected chi connectivity index (χ2v) is 7.81. The number of anilines is 1. The molecule has 0 saturated carbocycles. The summed E-state index contributed by atoms with van der Waals surface area (Å²) in [5.41, 5.74) is 1.39. The van der Waals surface area contributed by atoms with Gasteiger partial charge in [-0.25, -0.2) is 14.1 Å². The summed E-state index contributed by atoms with van der Waals surface area (Å²) in [4.78, 5) is 38.3. The van der Waals surface area contributed by atoms with Gasteiger partial charge in [0.15, 0.2) is 0 Å². The van der Waals surface area contributed by atoms with Crippen molar-refractivity contribution in [2.75, 3.05) is 11.4 Å². The van der Waals surface area contributed by atoms with Crippen LogP contribution in [0.2, 0.25) is 0 Å². The summed E-state index contributed by atoms with van der Waals surface area (Å²) in [5, 5.41) is 5.50. The molecule has 8 heteroatoms. The molecule has 0 spiro atoms. The number of nitrogens with one attached hydrogen (secondary N) is 2. The van der Waals surface area contributed by atoms with Gasteiger partial charge in [0, 0.05) is 18.9 Å². The summed E-state index contributed by atoms with van der Waals surface area (Å²) in [6.07, 6.45) is 2.45. The van der Waals surface area contributed by atoms with Crippen LogP contribution in [-0.2, 0) is 9.59 Å². The maximum absolute atomic E-state index is 13.3. The predicted molar refractivity (Wildman–Crippen MR) is 120 cm³/mol. The third kappa shape index (κ3) is 5.28. The fourth-order valence-corrected chi connectivity index (χ4v) is 3.93. The molecule has 0 aliphatic carbocycles. The Balaban J connectivity index is 1.28. The number of hydrogen-bond acceptors (Lipinski definition) is 4. The Morgan fingerprint density at radius 2 is 1.82 bits per heavy atom. The van der Waals surface area contributed by atoms with Crippen LogP contribution in [0.1, 0.15) is 36.5 Å². The average molecular weight is 449 g/mol. The first-order valence-electron chi connectivity index (χ1n) is 10.8. The lowest BCUT2D eigenvalue weighted by molar-refractivity contribution is -0.121. The Hall–Kier alpha value is -3.94. The smallest absolute Gasteiger partial charge is 0.329 e. The highest BCUT2D eigenvalue weighted by Crippen LogP contribution is 2.28. The van der Waals surface area contributed by atoms with Gasteiger partial charge in [-0.15, -0.1) is 0 Å². The van der Waals surface area contributed by atoms with Gasteiger partial charge in [0.2, 0.25) is 5.91 Å². The first-order valence-corrected chi connectivity index (χ1v) is 10.8. The fraction of sp³-hybridized carbons (Fsp3) is 0.240. The molecule has 2 heterocycles. The van der Waals surface area contributed by atoms with E-state index < -0.39 is 12.1 Å². The molecule has 2 N–H and O–H groups in total. The predicted octanol–water partition coefficient (Wildman–Crippen LogP) is 3.96. The standard InChI is InChI=1S/C25H24FN3O4/c26-18-10-8-17(9-11-18)20(22-7-4-16-33-22)14-15-27-23(30)13-12-21-24(31)29(25(32)28-21)19-5-2-1-3-6-19/h1-11,16,20-21H,12-15H2,(H,27,30)(H,28,32)/t20-,21+/m1/s1. The summed E-state index contributed by atoms with van der Waals surface area (Å²) in [7, 11) is 0. The molecule has 1 aromatic heterocycles. The second kappa shape index (κ2) is 10.1. The van der Waals surface area contributed by atoms with Crippen molar-refractivity contribution in [3.8, 4) is 0 Å². The summed E-state index contributed by atoms with van der Waals surface area (Å²) in [5.74, 6) is -0.294. The molecule has 1 saturated heterocycles. The minimum absolute atomic E-state index is 0.0985. The van der Waals surface area contributed by atoms with E-state index in [1.54, 1.807) is 54.8 Å². The van der Waals surface area contributed by atoms with Crippen LogP contribution in [-0.4, -0.2) is 30.4 Å². The fourth-order valence-electron chi connectivity index (χ4n) is 3.93. The molecule has 7 nitrogen and oxygen atoms in total. The van der Waals surface area contributed by atoms with E-state index in [2.05, 4.69) is 10.6 Å². The van der Waals surface area contributed by atoms with Crippen LogP contribution in [0.5, 0.6) is 0 Å². The number of para-hydroxylation sites is 1. The molecule has 1 fully saturated rings. The zero-order valence-electron chi connectivity index (χ0n) is 17.9. The number of nitrogens with zero attached hydrogens (tertiary/aromatic N) is 1. The molecule has 2 atom stereocenters. The van der Waals surface area contributed by atoms with Crippen LogP contribution in [0.4, 0.5) is 14.9 Å². The number of amides is 4. The highest BCUT2D eigenvalue weighted by atomic mass is 19.1. The molecule has 2 aromatic carbocycles.